The number of hydrogen-bond donors (Lipinski definition) is 1. The van der Waals surface area contributed by atoms with Crippen molar-refractivity contribution in [2.75, 3.05) is 5.32 Å². The molecule has 0 saturated heterocycles. The molecule has 0 spiro atoms. The van der Waals surface area contributed by atoms with Crippen molar-refractivity contribution >= 4 is 33.6 Å². The molecule has 1 amide bonds. The molecule has 0 radical (unpaired) electrons. The summed E-state index contributed by atoms with van der Waals surface area (Å²) >= 11 is 3.34. The third-order valence-electron chi connectivity index (χ3n) is 3.09. The number of amides is 1. The first kappa shape index (κ1) is 16.1. The Morgan fingerprint density at radius 1 is 1.41 bits per heavy atom. The number of carbonyl (C=O) groups excluding carboxylic acids is 1. The van der Waals surface area contributed by atoms with Crippen molar-refractivity contribution in [2.45, 2.75) is 19.9 Å². The summed E-state index contributed by atoms with van der Waals surface area (Å²) in [7, 11) is 0. The topological polar surface area (TPSA) is 57.8 Å². The number of rotatable bonds is 4. The van der Waals surface area contributed by atoms with E-state index in [9.17, 15) is 10.1 Å². The zero-order chi connectivity index (χ0) is 16.1. The van der Waals surface area contributed by atoms with Crippen LogP contribution in [0, 0.1) is 11.3 Å². The zero-order valence-electron chi connectivity index (χ0n) is 12.4. The smallest absolute Gasteiger partial charge is 0.266 e. The SMILES string of the molecule is CC(C)n1ccc(/C=C(\C#N)C(=O)Nc2cccc(Br)c2)c1. The van der Waals surface area contributed by atoms with Gasteiger partial charge in [-0.2, -0.15) is 5.26 Å². The predicted octanol–water partition coefficient (Wildman–Crippen LogP) is 4.38. The van der Waals surface area contributed by atoms with Crippen LogP contribution in [0.1, 0.15) is 25.5 Å². The van der Waals surface area contributed by atoms with Gasteiger partial charge in [0.1, 0.15) is 11.6 Å². The van der Waals surface area contributed by atoms with Gasteiger partial charge >= 0.3 is 0 Å². The van der Waals surface area contributed by atoms with Gasteiger partial charge in [0.2, 0.25) is 0 Å². The number of anilines is 1. The second-order valence-corrected chi connectivity index (χ2v) is 6.04. The molecule has 1 aromatic heterocycles. The molecule has 0 bridgehead atoms. The van der Waals surface area contributed by atoms with Crippen molar-refractivity contribution in [3.05, 3.63) is 58.3 Å². The standard InChI is InChI=1S/C17H16BrN3O/c1-12(2)21-7-6-13(11-21)8-14(10-19)17(22)20-16-5-3-4-15(18)9-16/h3-9,11-12H,1-2H3,(H,20,22)/b14-8+. The van der Waals surface area contributed by atoms with E-state index in [0.29, 0.717) is 11.7 Å². The highest BCUT2D eigenvalue weighted by Gasteiger charge is 2.10. The third-order valence-corrected chi connectivity index (χ3v) is 3.59. The Bertz CT molecular complexity index is 753. The fourth-order valence-electron chi connectivity index (χ4n) is 1.92. The third kappa shape index (κ3) is 4.09. The van der Waals surface area contributed by atoms with Gasteiger partial charge in [0.15, 0.2) is 0 Å². The lowest BCUT2D eigenvalue weighted by atomic mass is 10.2. The van der Waals surface area contributed by atoms with Crippen molar-refractivity contribution in [3.63, 3.8) is 0 Å². The van der Waals surface area contributed by atoms with Crippen LogP contribution in [0.5, 0.6) is 0 Å². The molecule has 0 aliphatic rings. The average Bonchev–Trinajstić information content (AvgIpc) is 2.93. The summed E-state index contributed by atoms with van der Waals surface area (Å²) in [6.07, 6.45) is 5.43. The quantitative estimate of drug-likeness (QED) is 0.651. The molecule has 0 saturated carbocycles. The molecule has 1 N–H and O–H groups in total. The molecule has 22 heavy (non-hydrogen) atoms. The summed E-state index contributed by atoms with van der Waals surface area (Å²) in [5, 5.41) is 11.9. The minimum atomic E-state index is -0.419. The normalized spacial score (nSPS) is 11.3. The molecule has 112 valence electrons. The Morgan fingerprint density at radius 3 is 2.77 bits per heavy atom. The molecule has 4 nitrogen and oxygen atoms in total. The lowest BCUT2D eigenvalue weighted by Crippen LogP contribution is -2.13. The van der Waals surface area contributed by atoms with Crippen LogP contribution in [-0.2, 0) is 4.79 Å². The molecule has 2 aromatic rings. The van der Waals surface area contributed by atoms with Crippen LogP contribution >= 0.6 is 15.9 Å². The summed E-state index contributed by atoms with van der Waals surface area (Å²) in [5.74, 6) is -0.419. The van der Waals surface area contributed by atoms with Crippen LogP contribution in [-0.4, -0.2) is 10.5 Å². The molecule has 0 fully saturated rings. The van der Waals surface area contributed by atoms with Gasteiger partial charge in [-0.25, -0.2) is 0 Å². The Morgan fingerprint density at radius 2 is 2.18 bits per heavy atom. The maximum Gasteiger partial charge on any atom is 0.266 e. The van der Waals surface area contributed by atoms with Crippen molar-refractivity contribution in [1.82, 2.24) is 4.57 Å². The fourth-order valence-corrected chi connectivity index (χ4v) is 2.32. The van der Waals surface area contributed by atoms with Gasteiger partial charge in [0.25, 0.3) is 5.91 Å². The van der Waals surface area contributed by atoms with Crippen molar-refractivity contribution in [3.8, 4) is 6.07 Å². The monoisotopic (exact) mass is 357 g/mol. The molecule has 5 heteroatoms. The summed E-state index contributed by atoms with van der Waals surface area (Å²) < 4.78 is 2.88. The Balaban J connectivity index is 2.18. The van der Waals surface area contributed by atoms with Gasteiger partial charge < -0.3 is 9.88 Å². The number of aromatic nitrogens is 1. The highest BCUT2D eigenvalue weighted by atomic mass is 79.9. The largest absolute Gasteiger partial charge is 0.351 e. The average molecular weight is 358 g/mol. The van der Waals surface area contributed by atoms with Gasteiger partial charge in [0.05, 0.1) is 0 Å². The van der Waals surface area contributed by atoms with Gasteiger partial charge in [-0.1, -0.05) is 22.0 Å². The summed E-state index contributed by atoms with van der Waals surface area (Å²) in [4.78, 5) is 12.2. The highest BCUT2D eigenvalue weighted by molar-refractivity contribution is 9.10. The first-order valence-corrected chi connectivity index (χ1v) is 7.65. The van der Waals surface area contributed by atoms with E-state index < -0.39 is 5.91 Å². The molecule has 0 aliphatic carbocycles. The van der Waals surface area contributed by atoms with E-state index in [1.807, 2.05) is 41.2 Å². The lowest BCUT2D eigenvalue weighted by Gasteiger charge is -2.05. The van der Waals surface area contributed by atoms with Crippen LogP contribution in [0.3, 0.4) is 0 Å². The first-order valence-electron chi connectivity index (χ1n) is 6.86. The Kier molecular flexibility index (Phi) is 5.18. The van der Waals surface area contributed by atoms with Gasteiger partial charge in [-0.15, -0.1) is 0 Å². The van der Waals surface area contributed by atoms with E-state index in [2.05, 4.69) is 35.1 Å². The number of benzene rings is 1. The van der Waals surface area contributed by atoms with Gasteiger partial charge in [-0.3, -0.25) is 4.79 Å². The summed E-state index contributed by atoms with van der Waals surface area (Å²) in [5.41, 5.74) is 1.54. The van der Waals surface area contributed by atoms with Crippen LogP contribution in [0.25, 0.3) is 6.08 Å². The Labute approximate surface area is 138 Å². The first-order chi connectivity index (χ1) is 10.5. The second kappa shape index (κ2) is 7.10. The molecule has 0 aliphatic heterocycles. The van der Waals surface area contributed by atoms with E-state index >= 15 is 0 Å². The molecule has 0 atom stereocenters. The molecule has 1 aromatic carbocycles. The number of nitriles is 1. The van der Waals surface area contributed by atoms with Crippen LogP contribution in [0.4, 0.5) is 5.69 Å². The van der Waals surface area contributed by atoms with Gasteiger partial charge in [0, 0.05) is 28.6 Å². The maximum atomic E-state index is 12.2. The van der Waals surface area contributed by atoms with Crippen molar-refractivity contribution in [1.29, 1.82) is 5.26 Å². The number of hydrogen-bond acceptors (Lipinski definition) is 2. The van der Waals surface area contributed by atoms with E-state index in [1.54, 1.807) is 18.2 Å². The number of halogens is 1. The van der Waals surface area contributed by atoms with E-state index in [-0.39, 0.29) is 5.57 Å². The Hall–Kier alpha value is -2.32. The van der Waals surface area contributed by atoms with Crippen LogP contribution in [0.2, 0.25) is 0 Å². The van der Waals surface area contributed by atoms with Gasteiger partial charge in [-0.05, 0) is 49.8 Å². The molecule has 2 rings (SSSR count). The van der Waals surface area contributed by atoms with E-state index in [4.69, 9.17) is 0 Å². The molecular weight excluding hydrogens is 342 g/mol. The lowest BCUT2D eigenvalue weighted by molar-refractivity contribution is -0.112. The number of nitrogens with one attached hydrogen (secondary N) is 1. The van der Waals surface area contributed by atoms with Crippen LogP contribution in [0.15, 0.2) is 52.8 Å². The molecular formula is C17H16BrN3O. The zero-order valence-corrected chi connectivity index (χ0v) is 14.0. The minimum absolute atomic E-state index is 0.0708. The molecule has 1 heterocycles. The number of nitrogens with zero attached hydrogens (tertiary/aromatic N) is 2. The molecule has 0 unspecified atom stereocenters. The predicted molar refractivity (Wildman–Crippen MR) is 91.2 cm³/mol. The van der Waals surface area contributed by atoms with Crippen molar-refractivity contribution in [2.24, 2.45) is 0 Å². The van der Waals surface area contributed by atoms with Crippen molar-refractivity contribution < 1.29 is 4.79 Å². The summed E-state index contributed by atoms with van der Waals surface area (Å²) in [6, 6.07) is 11.4. The van der Waals surface area contributed by atoms with E-state index in [1.165, 1.54) is 0 Å². The highest BCUT2D eigenvalue weighted by Crippen LogP contribution is 2.17. The second-order valence-electron chi connectivity index (χ2n) is 5.12. The minimum Gasteiger partial charge on any atom is -0.351 e. The van der Waals surface area contributed by atoms with Crippen LogP contribution < -0.4 is 5.32 Å². The maximum absolute atomic E-state index is 12.2. The van der Waals surface area contributed by atoms with E-state index in [0.717, 1.165) is 10.0 Å². The number of carbonyl (C=O) groups is 1. The fraction of sp³-hybridized carbons (Fsp3) is 0.176. The summed E-state index contributed by atoms with van der Waals surface area (Å²) in [6.45, 7) is 4.14.